The van der Waals surface area contributed by atoms with Crippen molar-refractivity contribution in [3.63, 3.8) is 0 Å². The van der Waals surface area contributed by atoms with E-state index in [0.29, 0.717) is 16.8 Å². The highest BCUT2D eigenvalue weighted by Gasteiger charge is 2.18. The van der Waals surface area contributed by atoms with E-state index < -0.39 is 16.4 Å². The molecule has 5 nitrogen and oxygen atoms in total. The number of hydrogen-bond donors (Lipinski definition) is 1. The standard InChI is InChI=1S/C22H17Cl2F2NO4S/c1-32(29,30)15-8-6-13(7-9-15)10-20(28)27-14-11-17(23)21(18(24)12-14)16-4-2-3-5-19(16)31-22(25)26/h2-9,11-12,22H,10H2,1H3,(H,27,28). The van der Waals surface area contributed by atoms with Gasteiger partial charge in [0.2, 0.25) is 5.91 Å². The van der Waals surface area contributed by atoms with Crippen LogP contribution in [0, 0.1) is 0 Å². The molecular weight excluding hydrogens is 483 g/mol. The Morgan fingerprint density at radius 3 is 2.19 bits per heavy atom. The van der Waals surface area contributed by atoms with Gasteiger partial charge >= 0.3 is 6.61 Å². The summed E-state index contributed by atoms with van der Waals surface area (Å²) >= 11 is 12.7. The summed E-state index contributed by atoms with van der Waals surface area (Å²) in [6.07, 6.45) is 1.09. The highest BCUT2D eigenvalue weighted by atomic mass is 35.5. The van der Waals surface area contributed by atoms with Crippen LogP contribution in [0.4, 0.5) is 14.5 Å². The molecule has 0 aliphatic heterocycles. The predicted molar refractivity (Wildman–Crippen MR) is 120 cm³/mol. The molecule has 1 N–H and O–H groups in total. The molecule has 0 aliphatic rings. The summed E-state index contributed by atoms with van der Waals surface area (Å²) in [5.41, 5.74) is 1.50. The largest absolute Gasteiger partial charge is 0.434 e. The van der Waals surface area contributed by atoms with Crippen molar-refractivity contribution in [2.24, 2.45) is 0 Å². The highest BCUT2D eigenvalue weighted by Crippen LogP contribution is 2.41. The Kier molecular flexibility index (Phi) is 7.38. The Morgan fingerprint density at radius 2 is 1.62 bits per heavy atom. The van der Waals surface area contributed by atoms with Crippen LogP contribution in [0.2, 0.25) is 10.0 Å². The van der Waals surface area contributed by atoms with Crippen LogP contribution in [0.5, 0.6) is 5.75 Å². The maximum atomic E-state index is 12.7. The van der Waals surface area contributed by atoms with E-state index in [0.717, 1.165) is 6.26 Å². The average molecular weight is 500 g/mol. The Balaban J connectivity index is 1.79. The van der Waals surface area contributed by atoms with Crippen LogP contribution >= 0.6 is 23.2 Å². The second kappa shape index (κ2) is 9.85. The van der Waals surface area contributed by atoms with Gasteiger partial charge in [-0.2, -0.15) is 8.78 Å². The molecule has 0 fully saturated rings. The number of ether oxygens (including phenoxy) is 1. The van der Waals surface area contributed by atoms with E-state index in [9.17, 15) is 22.0 Å². The predicted octanol–water partition coefficient (Wildman–Crippen LogP) is 5.85. The monoisotopic (exact) mass is 499 g/mol. The number of sulfone groups is 1. The number of benzene rings is 3. The Morgan fingerprint density at radius 1 is 1.03 bits per heavy atom. The number of carbonyl (C=O) groups excluding carboxylic acids is 1. The van der Waals surface area contributed by atoms with Crippen LogP contribution in [-0.2, 0) is 21.1 Å². The van der Waals surface area contributed by atoms with Crippen molar-refractivity contribution in [1.82, 2.24) is 0 Å². The topological polar surface area (TPSA) is 72.5 Å². The minimum Gasteiger partial charge on any atom is -0.434 e. The summed E-state index contributed by atoms with van der Waals surface area (Å²) in [6.45, 7) is -3.02. The third-order valence-electron chi connectivity index (χ3n) is 4.41. The molecule has 1 amide bonds. The molecule has 0 aromatic heterocycles. The number of hydrogen-bond acceptors (Lipinski definition) is 4. The summed E-state index contributed by atoms with van der Waals surface area (Å²) in [5, 5.41) is 2.93. The lowest BCUT2D eigenvalue weighted by atomic mass is 10.0. The van der Waals surface area contributed by atoms with E-state index in [-0.39, 0.29) is 38.6 Å². The quantitative estimate of drug-likeness (QED) is 0.442. The van der Waals surface area contributed by atoms with Crippen molar-refractivity contribution < 1.29 is 26.7 Å². The molecule has 0 spiro atoms. The summed E-state index contributed by atoms with van der Waals surface area (Å²) in [4.78, 5) is 12.6. The molecule has 0 atom stereocenters. The molecule has 3 aromatic carbocycles. The zero-order valence-electron chi connectivity index (χ0n) is 16.6. The van der Waals surface area contributed by atoms with E-state index >= 15 is 0 Å². The van der Waals surface area contributed by atoms with E-state index in [4.69, 9.17) is 23.2 Å². The Hall–Kier alpha value is -2.68. The lowest BCUT2D eigenvalue weighted by Crippen LogP contribution is -2.14. The van der Waals surface area contributed by atoms with Crippen molar-refractivity contribution in [1.29, 1.82) is 0 Å². The van der Waals surface area contributed by atoms with Gasteiger partial charge in [-0.25, -0.2) is 8.42 Å². The number of anilines is 1. The molecule has 32 heavy (non-hydrogen) atoms. The van der Waals surface area contributed by atoms with E-state index in [1.54, 1.807) is 30.3 Å². The van der Waals surface area contributed by atoms with Crippen molar-refractivity contribution in [2.45, 2.75) is 17.9 Å². The molecule has 0 radical (unpaired) electrons. The van der Waals surface area contributed by atoms with Crippen LogP contribution < -0.4 is 10.1 Å². The molecule has 0 heterocycles. The van der Waals surface area contributed by atoms with Crippen molar-refractivity contribution >= 4 is 44.6 Å². The number of halogens is 4. The first-order valence-corrected chi connectivity index (χ1v) is 11.8. The van der Waals surface area contributed by atoms with Gasteiger partial charge in [0.1, 0.15) is 5.75 Å². The van der Waals surface area contributed by atoms with Crippen LogP contribution in [0.1, 0.15) is 5.56 Å². The van der Waals surface area contributed by atoms with Gasteiger partial charge in [-0.15, -0.1) is 0 Å². The maximum absolute atomic E-state index is 12.7. The van der Waals surface area contributed by atoms with Gasteiger partial charge in [-0.05, 0) is 35.9 Å². The van der Waals surface area contributed by atoms with Crippen molar-refractivity contribution in [3.05, 3.63) is 76.3 Å². The first-order valence-electron chi connectivity index (χ1n) is 9.16. The summed E-state index contributed by atoms with van der Waals surface area (Å²) in [5.74, 6) is -0.459. The fraction of sp³-hybridized carbons (Fsp3) is 0.136. The number of amides is 1. The number of carbonyl (C=O) groups is 1. The second-order valence-electron chi connectivity index (χ2n) is 6.83. The molecule has 0 bridgehead atoms. The highest BCUT2D eigenvalue weighted by molar-refractivity contribution is 7.90. The molecule has 0 unspecified atom stereocenters. The molecule has 168 valence electrons. The fourth-order valence-electron chi connectivity index (χ4n) is 3.02. The lowest BCUT2D eigenvalue weighted by Gasteiger charge is -2.15. The molecule has 0 saturated carbocycles. The van der Waals surface area contributed by atoms with E-state index in [2.05, 4.69) is 10.1 Å². The molecule has 10 heteroatoms. The summed E-state index contributed by atoms with van der Waals surface area (Å²) < 4.78 is 53.0. The van der Waals surface area contributed by atoms with Crippen LogP contribution in [0.3, 0.4) is 0 Å². The number of nitrogens with one attached hydrogen (secondary N) is 1. The summed E-state index contributed by atoms with van der Waals surface area (Å²) in [7, 11) is -3.32. The zero-order chi connectivity index (χ0) is 23.5. The van der Waals surface area contributed by atoms with Gasteiger partial charge in [0.25, 0.3) is 0 Å². The SMILES string of the molecule is CS(=O)(=O)c1ccc(CC(=O)Nc2cc(Cl)c(-c3ccccc3OC(F)F)c(Cl)c2)cc1. The van der Waals surface area contributed by atoms with Crippen molar-refractivity contribution in [2.75, 3.05) is 11.6 Å². The van der Waals surface area contributed by atoms with Gasteiger partial charge in [-0.3, -0.25) is 4.79 Å². The molecular formula is C22H17Cl2F2NO4S. The smallest absolute Gasteiger partial charge is 0.387 e. The number of para-hydroxylation sites is 1. The first kappa shape index (κ1) is 24.0. The Bertz CT molecular complexity index is 1230. The maximum Gasteiger partial charge on any atom is 0.387 e. The third kappa shape index (κ3) is 5.97. The number of alkyl halides is 2. The minimum atomic E-state index is -3.32. The minimum absolute atomic E-state index is 0.00784. The zero-order valence-corrected chi connectivity index (χ0v) is 18.9. The molecule has 3 rings (SSSR count). The number of rotatable bonds is 7. The molecule has 3 aromatic rings. The lowest BCUT2D eigenvalue weighted by molar-refractivity contribution is -0.115. The van der Waals surface area contributed by atoms with Gasteiger partial charge in [-0.1, -0.05) is 53.5 Å². The average Bonchev–Trinajstić information content (AvgIpc) is 2.68. The second-order valence-corrected chi connectivity index (χ2v) is 9.66. The summed E-state index contributed by atoms with van der Waals surface area (Å²) in [6, 6.07) is 15.0. The van der Waals surface area contributed by atoms with Gasteiger partial charge in [0, 0.05) is 23.1 Å². The fourth-order valence-corrected chi connectivity index (χ4v) is 4.34. The van der Waals surface area contributed by atoms with Gasteiger partial charge in [0.05, 0.1) is 21.4 Å². The van der Waals surface area contributed by atoms with Gasteiger partial charge < -0.3 is 10.1 Å². The van der Waals surface area contributed by atoms with E-state index in [1.807, 2.05) is 0 Å². The third-order valence-corrected chi connectivity index (χ3v) is 6.14. The van der Waals surface area contributed by atoms with Gasteiger partial charge in [0.15, 0.2) is 9.84 Å². The molecule has 0 saturated heterocycles. The normalized spacial score (nSPS) is 11.4. The van der Waals surface area contributed by atoms with Crippen LogP contribution in [0.25, 0.3) is 11.1 Å². The van der Waals surface area contributed by atoms with Crippen molar-refractivity contribution in [3.8, 4) is 16.9 Å². The van der Waals surface area contributed by atoms with E-state index in [1.165, 1.54) is 30.3 Å². The first-order chi connectivity index (χ1) is 15.0. The Labute approximate surface area is 193 Å². The van der Waals surface area contributed by atoms with Crippen LogP contribution in [-0.4, -0.2) is 27.2 Å². The molecule has 0 aliphatic carbocycles. The van der Waals surface area contributed by atoms with Crippen LogP contribution in [0.15, 0.2) is 65.6 Å².